The molecule has 1 amide bonds. The summed E-state index contributed by atoms with van der Waals surface area (Å²) in [5.41, 5.74) is 1.39. The third-order valence-corrected chi connectivity index (χ3v) is 4.88. The van der Waals surface area contributed by atoms with Crippen molar-refractivity contribution in [2.75, 3.05) is 19.9 Å². The van der Waals surface area contributed by atoms with Crippen LogP contribution in [0, 0.1) is 0 Å². The summed E-state index contributed by atoms with van der Waals surface area (Å²) in [6.07, 6.45) is 2.10. The molecule has 7 heteroatoms. The van der Waals surface area contributed by atoms with Crippen molar-refractivity contribution >= 4 is 17.2 Å². The molecule has 1 aromatic carbocycles. The van der Waals surface area contributed by atoms with Gasteiger partial charge in [-0.2, -0.15) is 0 Å². The van der Waals surface area contributed by atoms with Gasteiger partial charge in [-0.15, -0.1) is 11.3 Å². The zero-order valence-electron chi connectivity index (χ0n) is 12.5. The highest BCUT2D eigenvalue weighted by molar-refractivity contribution is 7.13. The summed E-state index contributed by atoms with van der Waals surface area (Å²) in [4.78, 5) is 16.8. The van der Waals surface area contributed by atoms with E-state index < -0.39 is 0 Å². The van der Waals surface area contributed by atoms with Gasteiger partial charge in [-0.05, 0) is 37.6 Å². The van der Waals surface area contributed by atoms with Gasteiger partial charge in [0, 0.05) is 23.5 Å². The van der Waals surface area contributed by atoms with Crippen molar-refractivity contribution in [3.8, 4) is 22.1 Å². The summed E-state index contributed by atoms with van der Waals surface area (Å²) >= 11 is 1.45. The molecule has 6 nitrogen and oxygen atoms in total. The van der Waals surface area contributed by atoms with Crippen LogP contribution in [0.5, 0.6) is 11.5 Å². The predicted molar refractivity (Wildman–Crippen MR) is 87.0 cm³/mol. The molecule has 2 aliphatic rings. The van der Waals surface area contributed by atoms with Gasteiger partial charge in [0.05, 0.1) is 0 Å². The third-order valence-electron chi connectivity index (χ3n) is 3.99. The van der Waals surface area contributed by atoms with Gasteiger partial charge in [0.2, 0.25) is 6.79 Å². The molecule has 0 aliphatic carbocycles. The largest absolute Gasteiger partial charge is 0.454 e. The third kappa shape index (κ3) is 3.02. The first-order chi connectivity index (χ1) is 11.3. The van der Waals surface area contributed by atoms with Crippen LogP contribution in [0.2, 0.25) is 0 Å². The molecule has 120 valence electrons. The van der Waals surface area contributed by atoms with Crippen molar-refractivity contribution in [2.45, 2.75) is 18.9 Å². The lowest BCUT2D eigenvalue weighted by atomic mass is 10.1. The fourth-order valence-corrected chi connectivity index (χ4v) is 3.57. The lowest BCUT2D eigenvalue weighted by molar-refractivity contribution is 0.0926. The van der Waals surface area contributed by atoms with Gasteiger partial charge in [-0.3, -0.25) is 4.79 Å². The maximum atomic E-state index is 12.3. The Balaban J connectivity index is 1.48. The Morgan fingerprint density at radius 1 is 1.35 bits per heavy atom. The number of carbonyl (C=O) groups is 1. The molecule has 1 atom stereocenters. The fourth-order valence-electron chi connectivity index (χ4n) is 2.77. The molecule has 0 saturated carbocycles. The van der Waals surface area contributed by atoms with Crippen LogP contribution in [0.1, 0.15) is 23.3 Å². The number of rotatable bonds is 3. The predicted octanol–water partition coefficient (Wildman–Crippen LogP) is 2.02. The molecule has 0 unspecified atom stereocenters. The number of hydrogen-bond acceptors (Lipinski definition) is 6. The van der Waals surface area contributed by atoms with Gasteiger partial charge in [0.1, 0.15) is 10.7 Å². The molecule has 0 bridgehead atoms. The first kappa shape index (κ1) is 14.5. The smallest absolute Gasteiger partial charge is 0.271 e. The highest BCUT2D eigenvalue weighted by Gasteiger charge is 2.19. The molecular formula is C16H17N3O3S. The fraction of sp³-hybridized carbons (Fsp3) is 0.375. The van der Waals surface area contributed by atoms with Crippen LogP contribution in [0.25, 0.3) is 10.6 Å². The Kier molecular flexibility index (Phi) is 3.88. The number of carbonyl (C=O) groups excluding carboxylic acids is 1. The van der Waals surface area contributed by atoms with Crippen molar-refractivity contribution in [2.24, 2.45) is 0 Å². The minimum Gasteiger partial charge on any atom is -0.454 e. The van der Waals surface area contributed by atoms with Crippen LogP contribution < -0.4 is 20.1 Å². The van der Waals surface area contributed by atoms with E-state index in [0.29, 0.717) is 5.69 Å². The van der Waals surface area contributed by atoms with Crippen molar-refractivity contribution < 1.29 is 14.3 Å². The molecule has 3 heterocycles. The monoisotopic (exact) mass is 331 g/mol. The van der Waals surface area contributed by atoms with Crippen LogP contribution in [0.3, 0.4) is 0 Å². The van der Waals surface area contributed by atoms with E-state index in [1.807, 2.05) is 18.2 Å². The SMILES string of the molecule is O=C(N[C@H]1CCCNC1)c1csc(-c2ccc3c(c2)OCO3)n1. The molecule has 0 spiro atoms. The first-order valence-corrected chi connectivity index (χ1v) is 8.55. The topological polar surface area (TPSA) is 72.5 Å². The molecule has 4 rings (SSSR count). The Morgan fingerprint density at radius 3 is 3.13 bits per heavy atom. The van der Waals surface area contributed by atoms with Gasteiger partial charge in [-0.25, -0.2) is 4.98 Å². The summed E-state index contributed by atoms with van der Waals surface area (Å²) < 4.78 is 10.7. The van der Waals surface area contributed by atoms with Crippen LogP contribution in [0.4, 0.5) is 0 Å². The summed E-state index contributed by atoms with van der Waals surface area (Å²) in [7, 11) is 0. The maximum absolute atomic E-state index is 12.3. The minimum atomic E-state index is -0.109. The number of piperidine rings is 1. The number of nitrogens with one attached hydrogen (secondary N) is 2. The molecule has 2 N–H and O–H groups in total. The number of amides is 1. The van der Waals surface area contributed by atoms with E-state index in [1.54, 1.807) is 5.38 Å². The summed E-state index contributed by atoms with van der Waals surface area (Å²) in [6.45, 7) is 2.10. The summed E-state index contributed by atoms with van der Waals surface area (Å²) in [5.74, 6) is 1.35. The van der Waals surface area contributed by atoms with E-state index in [-0.39, 0.29) is 18.7 Å². The van der Waals surface area contributed by atoms with Crippen molar-refractivity contribution in [1.82, 2.24) is 15.6 Å². The zero-order valence-corrected chi connectivity index (χ0v) is 13.3. The number of ether oxygens (including phenoxy) is 2. The lowest BCUT2D eigenvalue weighted by Gasteiger charge is -2.23. The second kappa shape index (κ2) is 6.17. The van der Waals surface area contributed by atoms with E-state index in [4.69, 9.17) is 9.47 Å². The zero-order chi connectivity index (χ0) is 15.6. The molecule has 23 heavy (non-hydrogen) atoms. The highest BCUT2D eigenvalue weighted by atomic mass is 32.1. The Hall–Kier alpha value is -2.12. The Morgan fingerprint density at radius 2 is 2.26 bits per heavy atom. The van der Waals surface area contributed by atoms with Crippen molar-refractivity contribution in [1.29, 1.82) is 0 Å². The van der Waals surface area contributed by atoms with E-state index in [0.717, 1.165) is 48.0 Å². The first-order valence-electron chi connectivity index (χ1n) is 7.67. The molecule has 1 saturated heterocycles. The van der Waals surface area contributed by atoms with Crippen LogP contribution >= 0.6 is 11.3 Å². The molecule has 1 fully saturated rings. The minimum absolute atomic E-state index is 0.109. The Bertz CT molecular complexity index is 725. The van der Waals surface area contributed by atoms with Crippen molar-refractivity contribution in [3.05, 3.63) is 29.3 Å². The number of thiazole rings is 1. The van der Waals surface area contributed by atoms with E-state index in [9.17, 15) is 4.79 Å². The van der Waals surface area contributed by atoms with Gasteiger partial charge in [-0.1, -0.05) is 0 Å². The normalized spacial score (nSPS) is 19.6. The average molecular weight is 331 g/mol. The molecule has 0 radical (unpaired) electrons. The average Bonchev–Trinajstić information content (AvgIpc) is 3.24. The van der Waals surface area contributed by atoms with Gasteiger partial charge in [0.15, 0.2) is 11.5 Å². The standard InChI is InChI=1S/C16H17N3O3S/c20-15(18-11-2-1-5-17-7-11)12-8-23-16(19-12)10-3-4-13-14(6-10)22-9-21-13/h3-4,6,8,11,17H,1-2,5,7,9H2,(H,18,20)/t11-/m0/s1. The van der Waals surface area contributed by atoms with Crippen LogP contribution in [0.15, 0.2) is 23.6 Å². The molecular weight excluding hydrogens is 314 g/mol. The number of benzene rings is 1. The molecule has 1 aromatic heterocycles. The maximum Gasteiger partial charge on any atom is 0.271 e. The van der Waals surface area contributed by atoms with Crippen molar-refractivity contribution in [3.63, 3.8) is 0 Å². The van der Waals surface area contributed by atoms with E-state index >= 15 is 0 Å². The number of fused-ring (bicyclic) bond motifs is 1. The van der Waals surface area contributed by atoms with Crippen LogP contribution in [-0.4, -0.2) is 36.8 Å². The Labute approximate surface area is 137 Å². The summed E-state index contributed by atoms with van der Waals surface area (Å²) in [6, 6.07) is 5.88. The second-order valence-corrected chi connectivity index (χ2v) is 6.48. The van der Waals surface area contributed by atoms with Gasteiger partial charge in [0.25, 0.3) is 5.91 Å². The molecule has 2 aliphatic heterocycles. The van der Waals surface area contributed by atoms with Gasteiger partial charge >= 0.3 is 0 Å². The highest BCUT2D eigenvalue weighted by Crippen LogP contribution is 2.36. The van der Waals surface area contributed by atoms with Crippen LogP contribution in [-0.2, 0) is 0 Å². The van der Waals surface area contributed by atoms with E-state index in [1.165, 1.54) is 11.3 Å². The van der Waals surface area contributed by atoms with E-state index in [2.05, 4.69) is 15.6 Å². The second-order valence-electron chi connectivity index (χ2n) is 5.62. The quantitative estimate of drug-likeness (QED) is 0.900. The lowest BCUT2D eigenvalue weighted by Crippen LogP contribution is -2.45. The van der Waals surface area contributed by atoms with Gasteiger partial charge < -0.3 is 20.1 Å². The number of nitrogens with zero attached hydrogens (tertiary/aromatic N) is 1. The summed E-state index contributed by atoms with van der Waals surface area (Å²) in [5, 5.41) is 8.93. The number of hydrogen-bond donors (Lipinski definition) is 2. The molecule has 2 aromatic rings. The number of aromatic nitrogens is 1.